The van der Waals surface area contributed by atoms with Crippen LogP contribution in [0.5, 0.6) is 0 Å². The summed E-state index contributed by atoms with van der Waals surface area (Å²) in [6.07, 6.45) is 3.71. The summed E-state index contributed by atoms with van der Waals surface area (Å²) in [5, 5.41) is 0. The van der Waals surface area contributed by atoms with Crippen LogP contribution in [0.1, 0.15) is 17.5 Å². The van der Waals surface area contributed by atoms with Gasteiger partial charge >= 0.3 is 0 Å². The zero-order chi connectivity index (χ0) is 12.1. The molecule has 18 heavy (non-hydrogen) atoms. The molecule has 88 valence electrons. The maximum atomic E-state index is 12.0. The Bertz CT molecular complexity index is 665. The number of nitrogens with zero attached hydrogens (tertiary/aromatic N) is 1. The average molecular weight is 237 g/mol. The second-order valence-corrected chi connectivity index (χ2v) is 4.66. The van der Waals surface area contributed by atoms with E-state index in [4.69, 9.17) is 4.74 Å². The highest BCUT2D eigenvalue weighted by molar-refractivity contribution is 6.24. The van der Waals surface area contributed by atoms with Crippen LogP contribution in [0.15, 0.2) is 46.5 Å². The summed E-state index contributed by atoms with van der Waals surface area (Å²) in [6.45, 7) is 0.514. The van der Waals surface area contributed by atoms with Crippen molar-refractivity contribution < 1.29 is 9.53 Å². The van der Waals surface area contributed by atoms with Crippen LogP contribution >= 0.6 is 0 Å². The number of carbonyl (C=O) groups excluding carboxylic acids is 1. The van der Waals surface area contributed by atoms with E-state index in [2.05, 4.69) is 17.1 Å². The minimum absolute atomic E-state index is 0.131. The van der Waals surface area contributed by atoms with Crippen LogP contribution in [0.2, 0.25) is 0 Å². The van der Waals surface area contributed by atoms with E-state index in [-0.39, 0.29) is 5.91 Å². The highest BCUT2D eigenvalue weighted by Gasteiger charge is 2.34. The summed E-state index contributed by atoms with van der Waals surface area (Å²) in [4.78, 5) is 16.1. The van der Waals surface area contributed by atoms with E-state index in [9.17, 15) is 4.79 Å². The number of aliphatic imine (C=N–C) groups is 1. The second-order valence-electron chi connectivity index (χ2n) is 4.66. The molecular formula is C15H11NO2. The molecule has 3 heteroatoms. The molecule has 0 N–H and O–H groups in total. The van der Waals surface area contributed by atoms with Crippen molar-refractivity contribution in [1.82, 2.24) is 0 Å². The van der Waals surface area contributed by atoms with Gasteiger partial charge in [-0.05, 0) is 30.0 Å². The number of fused-ring (bicyclic) bond motifs is 4. The number of hydrogen-bond acceptors (Lipinski definition) is 2. The van der Waals surface area contributed by atoms with Crippen molar-refractivity contribution in [2.75, 3.05) is 6.61 Å². The summed E-state index contributed by atoms with van der Waals surface area (Å²) < 4.78 is 5.39. The molecule has 0 atom stereocenters. The first-order valence-electron chi connectivity index (χ1n) is 6.13. The lowest BCUT2D eigenvalue weighted by atomic mass is 9.80. The summed E-state index contributed by atoms with van der Waals surface area (Å²) in [5.41, 5.74) is 5.35. The van der Waals surface area contributed by atoms with Gasteiger partial charge in [0.1, 0.15) is 6.61 Å². The van der Waals surface area contributed by atoms with Crippen molar-refractivity contribution in [3.8, 4) is 0 Å². The molecule has 3 nitrogen and oxygen atoms in total. The van der Waals surface area contributed by atoms with E-state index >= 15 is 0 Å². The summed E-state index contributed by atoms with van der Waals surface area (Å²) in [7, 11) is 0. The lowest BCUT2D eigenvalue weighted by Gasteiger charge is -2.25. The Morgan fingerprint density at radius 1 is 1.17 bits per heavy atom. The molecule has 0 aromatic heterocycles. The number of benzene rings is 1. The molecule has 2 heterocycles. The lowest BCUT2D eigenvalue weighted by Crippen LogP contribution is -2.20. The smallest absolute Gasteiger partial charge is 0.276 e. The Morgan fingerprint density at radius 2 is 2.06 bits per heavy atom. The maximum Gasteiger partial charge on any atom is 0.276 e. The Hall–Kier alpha value is -2.16. The van der Waals surface area contributed by atoms with Crippen molar-refractivity contribution in [2.45, 2.75) is 12.8 Å². The quantitative estimate of drug-likeness (QED) is 0.694. The summed E-state index contributed by atoms with van der Waals surface area (Å²) >= 11 is 0. The number of hydrogen-bond donors (Lipinski definition) is 0. The Morgan fingerprint density at radius 3 is 3.00 bits per heavy atom. The number of ether oxygens (including phenoxy) is 1. The van der Waals surface area contributed by atoms with E-state index in [0.29, 0.717) is 12.5 Å². The number of dihydropyridines is 1. The maximum absolute atomic E-state index is 12.0. The molecule has 2 aliphatic heterocycles. The first kappa shape index (κ1) is 9.83. The normalized spacial score (nSPS) is 20.6. The third-order valence-corrected chi connectivity index (χ3v) is 3.70. The van der Waals surface area contributed by atoms with Gasteiger partial charge in [-0.1, -0.05) is 24.3 Å². The van der Waals surface area contributed by atoms with Gasteiger partial charge in [-0.2, -0.15) is 4.99 Å². The van der Waals surface area contributed by atoms with Gasteiger partial charge < -0.3 is 4.74 Å². The van der Waals surface area contributed by atoms with E-state index in [0.717, 1.165) is 35.1 Å². The van der Waals surface area contributed by atoms with Gasteiger partial charge in [-0.3, -0.25) is 4.79 Å². The highest BCUT2D eigenvalue weighted by atomic mass is 16.5. The zero-order valence-electron chi connectivity index (χ0n) is 9.77. The zero-order valence-corrected chi connectivity index (χ0v) is 9.77. The first-order valence-corrected chi connectivity index (χ1v) is 6.13. The van der Waals surface area contributed by atoms with Crippen LogP contribution in [0.3, 0.4) is 0 Å². The first-order chi connectivity index (χ1) is 8.84. The van der Waals surface area contributed by atoms with E-state index in [1.54, 1.807) is 0 Å². The second kappa shape index (κ2) is 3.42. The van der Waals surface area contributed by atoms with Crippen molar-refractivity contribution in [3.63, 3.8) is 0 Å². The predicted molar refractivity (Wildman–Crippen MR) is 68.2 cm³/mol. The number of rotatable bonds is 0. The minimum Gasteiger partial charge on any atom is -0.473 e. The van der Waals surface area contributed by atoms with Gasteiger partial charge in [-0.15, -0.1) is 0 Å². The van der Waals surface area contributed by atoms with Gasteiger partial charge in [-0.25, -0.2) is 0 Å². The van der Waals surface area contributed by atoms with Gasteiger partial charge in [0.2, 0.25) is 5.90 Å². The van der Waals surface area contributed by atoms with Gasteiger partial charge in [0, 0.05) is 16.7 Å². The van der Waals surface area contributed by atoms with Gasteiger partial charge in [0.05, 0.1) is 0 Å². The lowest BCUT2D eigenvalue weighted by molar-refractivity contribution is -0.114. The topological polar surface area (TPSA) is 38.7 Å². The third-order valence-electron chi connectivity index (χ3n) is 3.70. The van der Waals surface area contributed by atoms with Gasteiger partial charge in [0.15, 0.2) is 0 Å². The number of aryl methyl sites for hydroxylation is 1. The van der Waals surface area contributed by atoms with Crippen molar-refractivity contribution in [2.24, 2.45) is 4.99 Å². The predicted octanol–water partition coefficient (Wildman–Crippen LogP) is 2.28. The molecule has 1 aromatic carbocycles. The van der Waals surface area contributed by atoms with Crippen LogP contribution in [0, 0.1) is 0 Å². The molecule has 0 saturated carbocycles. The minimum atomic E-state index is -0.131. The monoisotopic (exact) mass is 237 g/mol. The molecule has 4 rings (SSSR count). The average Bonchev–Trinajstić information content (AvgIpc) is 2.86. The molecule has 0 fully saturated rings. The van der Waals surface area contributed by atoms with E-state index in [1.807, 2.05) is 18.2 Å². The molecule has 3 aliphatic rings. The summed E-state index contributed by atoms with van der Waals surface area (Å²) in [6, 6.07) is 8.27. The highest BCUT2D eigenvalue weighted by Crippen LogP contribution is 2.40. The van der Waals surface area contributed by atoms with Crippen molar-refractivity contribution in [1.29, 1.82) is 0 Å². The fourth-order valence-corrected chi connectivity index (χ4v) is 2.88. The van der Waals surface area contributed by atoms with E-state index < -0.39 is 0 Å². The molecule has 0 bridgehead atoms. The molecule has 1 amide bonds. The van der Waals surface area contributed by atoms with Crippen LogP contribution in [-0.4, -0.2) is 18.4 Å². The molecule has 1 aromatic rings. The van der Waals surface area contributed by atoms with Crippen LogP contribution in [0.4, 0.5) is 0 Å². The molecule has 0 unspecified atom stereocenters. The molecule has 0 radical (unpaired) electrons. The van der Waals surface area contributed by atoms with Crippen molar-refractivity contribution in [3.05, 3.63) is 52.6 Å². The molecular weight excluding hydrogens is 226 g/mol. The Kier molecular flexibility index (Phi) is 1.87. The standard InChI is InChI=1S/C15H11NO2/c17-14-11-6-5-9-3-1-2-4-10(9)13(11)12-7-8-18-15(12)16-14/h1-4,7H,5-6,8H2. The number of carbonyl (C=O) groups is 1. The summed E-state index contributed by atoms with van der Waals surface area (Å²) in [5.74, 6) is 0.365. The SMILES string of the molecule is O=C1N=C2OCC=C2C2=C1CCc1ccccc12. The fraction of sp³-hybridized carbons (Fsp3) is 0.200. The Balaban J connectivity index is 2.00. The van der Waals surface area contributed by atoms with E-state index in [1.165, 1.54) is 5.56 Å². The Labute approximate surface area is 104 Å². The fourth-order valence-electron chi connectivity index (χ4n) is 2.88. The van der Waals surface area contributed by atoms with Gasteiger partial charge in [0.25, 0.3) is 5.91 Å². The molecule has 0 saturated heterocycles. The van der Waals surface area contributed by atoms with Crippen LogP contribution < -0.4 is 0 Å². The van der Waals surface area contributed by atoms with Crippen LogP contribution in [-0.2, 0) is 16.0 Å². The molecule has 0 spiro atoms. The third kappa shape index (κ3) is 1.19. The largest absolute Gasteiger partial charge is 0.473 e. The van der Waals surface area contributed by atoms with Crippen molar-refractivity contribution >= 4 is 17.4 Å². The number of amides is 1. The van der Waals surface area contributed by atoms with Crippen LogP contribution in [0.25, 0.3) is 5.57 Å². The molecule has 1 aliphatic carbocycles.